The van der Waals surface area contributed by atoms with Crippen LogP contribution in [0.15, 0.2) is 164 Å². The number of rotatable bonds is 12. The summed E-state index contributed by atoms with van der Waals surface area (Å²) in [7, 11) is 0. The number of pyridine rings is 3. The normalized spacial score (nSPS) is 12.9. The molecule has 6 heterocycles. The summed E-state index contributed by atoms with van der Waals surface area (Å²) in [6.45, 7) is 20.9. The molecule has 0 N–H and O–H groups in total. The summed E-state index contributed by atoms with van der Waals surface area (Å²) in [6, 6.07) is 54.9. The highest BCUT2D eigenvalue weighted by Crippen LogP contribution is 2.36. The number of imidazole rings is 3. The Balaban J connectivity index is 0.842. The predicted molar refractivity (Wildman–Crippen MR) is 329 cm³/mol. The SMILES string of the molecule is CC(C)(C)Cc1ccc2c(c1)c1ccccc1c1nc(CCc3cc(CCc4cn5c6ccc(CC(C)(C)C)cc6c6ccccc6c5n4)cc(CCc4cn5c6ccc(CC(C)(C)C)cc6c6ccccc6c5n4)c3)cn21. The summed E-state index contributed by atoms with van der Waals surface area (Å²) in [6.07, 6.45) is 15.2. The van der Waals surface area contributed by atoms with E-state index in [1.54, 1.807) is 0 Å². The zero-order valence-electron chi connectivity index (χ0n) is 47.1. The second-order valence-corrected chi connectivity index (χ2v) is 26.3. The zero-order valence-corrected chi connectivity index (χ0v) is 47.1. The van der Waals surface area contributed by atoms with Crippen LogP contribution < -0.4 is 0 Å². The molecular weight excluding hydrogens is 949 g/mol. The standard InChI is InChI=1S/C72H72N6/c1-70(2,3)40-49-25-31-64-61(37-49)55-16-10-13-19-58(55)67-73-52(43-76(64)67)28-22-46-34-47(23-29-53-44-77-65-32-26-50(41-71(4,5)6)38-62(65)56-17-11-14-20-59(56)68(77)74-53)36-48(35-46)24-30-54-45-78-66-33-27-51(42-72(7,8)9)39-63(66)57-18-12-15-21-60(57)69(78)75-54/h10-21,25-27,31-39,43-45H,22-24,28-30,40-42H2,1-9H3. The zero-order chi connectivity index (χ0) is 53.7. The van der Waals surface area contributed by atoms with Gasteiger partial charge in [-0.05, 0) is 160 Å². The molecule has 0 aliphatic rings. The number of fused-ring (bicyclic) bond motifs is 18. The van der Waals surface area contributed by atoms with E-state index in [0.717, 1.165) is 91.8 Å². The topological polar surface area (TPSA) is 51.9 Å². The van der Waals surface area contributed by atoms with Gasteiger partial charge in [0.1, 0.15) is 16.9 Å². The largest absolute Gasteiger partial charge is 0.299 e. The summed E-state index contributed by atoms with van der Waals surface area (Å²) < 4.78 is 7.02. The summed E-state index contributed by atoms with van der Waals surface area (Å²) in [5.41, 5.74) is 18.8. The van der Waals surface area contributed by atoms with E-state index >= 15 is 0 Å². The molecule has 0 saturated heterocycles. The van der Waals surface area contributed by atoms with E-state index in [2.05, 4.69) is 240 Å². The second-order valence-electron chi connectivity index (χ2n) is 26.3. The van der Waals surface area contributed by atoms with E-state index in [9.17, 15) is 0 Å². The smallest absolute Gasteiger partial charge is 0.145 e. The summed E-state index contributed by atoms with van der Waals surface area (Å²) in [4.78, 5) is 16.2. The quantitative estimate of drug-likeness (QED) is 0.115. The summed E-state index contributed by atoms with van der Waals surface area (Å²) in [5, 5.41) is 11.3. The van der Waals surface area contributed by atoms with Crippen molar-refractivity contribution in [1.82, 2.24) is 28.2 Å². The van der Waals surface area contributed by atoms with Crippen LogP contribution in [0.4, 0.5) is 0 Å². The third kappa shape index (κ3) is 9.69. The van der Waals surface area contributed by atoms with Crippen LogP contribution in [-0.2, 0) is 57.8 Å². The first-order chi connectivity index (χ1) is 37.4. The minimum atomic E-state index is 0.206. The second kappa shape index (κ2) is 19.0. The monoisotopic (exact) mass is 1020 g/mol. The Morgan fingerprint density at radius 1 is 0.282 bits per heavy atom. The van der Waals surface area contributed by atoms with Crippen LogP contribution >= 0.6 is 0 Å². The fraction of sp³-hybridized carbons (Fsp3) is 0.292. The number of benzene rings is 7. The fourth-order valence-electron chi connectivity index (χ4n) is 12.8. The van der Waals surface area contributed by atoms with Crippen molar-refractivity contribution in [3.05, 3.63) is 215 Å². The van der Waals surface area contributed by atoms with Gasteiger partial charge in [0.25, 0.3) is 0 Å². The molecule has 390 valence electrons. The molecule has 0 aliphatic carbocycles. The fourth-order valence-corrected chi connectivity index (χ4v) is 12.8. The first-order valence-corrected chi connectivity index (χ1v) is 28.5. The Bertz CT molecular complexity index is 4010. The van der Waals surface area contributed by atoms with E-state index < -0.39 is 0 Å². The maximum absolute atomic E-state index is 5.39. The van der Waals surface area contributed by atoms with Crippen molar-refractivity contribution in [2.45, 2.75) is 120 Å². The van der Waals surface area contributed by atoms with Crippen LogP contribution in [0.2, 0.25) is 0 Å². The number of aromatic nitrogens is 6. The Kier molecular flexibility index (Phi) is 12.1. The highest BCUT2D eigenvalue weighted by atomic mass is 15.0. The first kappa shape index (κ1) is 49.7. The number of nitrogens with zero attached hydrogens (tertiary/aromatic N) is 6. The first-order valence-electron chi connectivity index (χ1n) is 28.5. The third-order valence-corrected chi connectivity index (χ3v) is 15.9. The molecule has 0 saturated carbocycles. The van der Waals surface area contributed by atoms with Gasteiger partial charge in [-0.2, -0.15) is 0 Å². The maximum Gasteiger partial charge on any atom is 0.145 e. The maximum atomic E-state index is 5.39. The lowest BCUT2D eigenvalue weighted by atomic mass is 9.87. The Morgan fingerprint density at radius 3 is 0.821 bits per heavy atom. The van der Waals surface area contributed by atoms with Crippen molar-refractivity contribution < 1.29 is 0 Å². The third-order valence-electron chi connectivity index (χ3n) is 15.9. The molecule has 0 fully saturated rings. The van der Waals surface area contributed by atoms with Crippen LogP contribution in [0.25, 0.3) is 82.0 Å². The molecule has 0 spiro atoms. The van der Waals surface area contributed by atoms with Gasteiger partial charge in [0.2, 0.25) is 0 Å². The van der Waals surface area contributed by atoms with Gasteiger partial charge in [-0.15, -0.1) is 0 Å². The van der Waals surface area contributed by atoms with Crippen LogP contribution in [0, 0.1) is 16.2 Å². The molecule has 13 aromatic rings. The van der Waals surface area contributed by atoms with Crippen molar-refractivity contribution in [1.29, 1.82) is 0 Å². The number of hydrogen-bond donors (Lipinski definition) is 0. The molecule has 0 amide bonds. The molecular formula is C72H72N6. The number of aryl methyl sites for hydroxylation is 6. The van der Waals surface area contributed by atoms with Gasteiger partial charge >= 0.3 is 0 Å². The summed E-state index contributed by atoms with van der Waals surface area (Å²) >= 11 is 0. The lowest BCUT2D eigenvalue weighted by Gasteiger charge is -2.19. The van der Waals surface area contributed by atoms with Crippen LogP contribution in [-0.4, -0.2) is 28.2 Å². The molecule has 0 unspecified atom stereocenters. The Hall–Kier alpha value is -7.83. The Morgan fingerprint density at radius 2 is 0.551 bits per heavy atom. The van der Waals surface area contributed by atoms with Gasteiger partial charge in [-0.3, -0.25) is 13.2 Å². The van der Waals surface area contributed by atoms with E-state index in [0.29, 0.717) is 0 Å². The minimum absolute atomic E-state index is 0.206. The average Bonchev–Trinajstić information content (AvgIpc) is 4.33. The van der Waals surface area contributed by atoms with Crippen LogP contribution in [0.3, 0.4) is 0 Å². The van der Waals surface area contributed by atoms with E-state index in [4.69, 9.17) is 15.0 Å². The molecule has 0 aliphatic heterocycles. The van der Waals surface area contributed by atoms with Crippen LogP contribution in [0.5, 0.6) is 0 Å². The van der Waals surface area contributed by atoms with Gasteiger partial charge in [0.15, 0.2) is 0 Å². The van der Waals surface area contributed by atoms with Crippen LogP contribution in [0.1, 0.15) is 113 Å². The van der Waals surface area contributed by atoms with Gasteiger partial charge < -0.3 is 0 Å². The van der Waals surface area contributed by atoms with E-state index in [1.165, 1.54) is 98.4 Å². The van der Waals surface area contributed by atoms with Gasteiger partial charge in [0.05, 0.1) is 33.6 Å². The highest BCUT2D eigenvalue weighted by Gasteiger charge is 2.20. The van der Waals surface area contributed by atoms with Crippen molar-refractivity contribution in [2.75, 3.05) is 0 Å². The highest BCUT2D eigenvalue weighted by molar-refractivity contribution is 6.14. The van der Waals surface area contributed by atoms with Crippen molar-refractivity contribution >= 4 is 82.0 Å². The molecule has 0 atom stereocenters. The van der Waals surface area contributed by atoms with Gasteiger partial charge in [-0.1, -0.05) is 172 Å². The lowest BCUT2D eigenvalue weighted by molar-refractivity contribution is 0.411. The molecule has 13 rings (SSSR count). The average molecular weight is 1020 g/mol. The van der Waals surface area contributed by atoms with Gasteiger partial charge in [0, 0.05) is 50.9 Å². The predicted octanol–water partition coefficient (Wildman–Crippen LogP) is 17.7. The molecule has 0 bridgehead atoms. The molecule has 6 aromatic heterocycles. The van der Waals surface area contributed by atoms with Crippen molar-refractivity contribution in [2.24, 2.45) is 16.2 Å². The van der Waals surface area contributed by atoms with Gasteiger partial charge in [-0.25, -0.2) is 15.0 Å². The molecule has 6 nitrogen and oxygen atoms in total. The van der Waals surface area contributed by atoms with E-state index in [1.807, 2.05) is 0 Å². The molecule has 0 radical (unpaired) electrons. The molecule has 7 aromatic carbocycles. The summed E-state index contributed by atoms with van der Waals surface area (Å²) in [5.74, 6) is 0. The van der Waals surface area contributed by atoms with E-state index in [-0.39, 0.29) is 16.2 Å². The molecule has 6 heteroatoms. The Labute approximate surface area is 458 Å². The lowest BCUT2D eigenvalue weighted by Crippen LogP contribution is -2.09. The molecule has 78 heavy (non-hydrogen) atoms. The minimum Gasteiger partial charge on any atom is -0.299 e. The number of hydrogen-bond acceptors (Lipinski definition) is 3. The van der Waals surface area contributed by atoms with Crippen molar-refractivity contribution in [3.63, 3.8) is 0 Å². The van der Waals surface area contributed by atoms with Crippen molar-refractivity contribution in [3.8, 4) is 0 Å².